The van der Waals surface area contributed by atoms with Gasteiger partial charge in [0, 0.05) is 26.4 Å². The summed E-state index contributed by atoms with van der Waals surface area (Å²) in [6.07, 6.45) is 2.29. The summed E-state index contributed by atoms with van der Waals surface area (Å²) in [5.41, 5.74) is 0. The molecule has 0 saturated carbocycles. The van der Waals surface area contributed by atoms with Crippen LogP contribution in [0.5, 0.6) is 0 Å². The summed E-state index contributed by atoms with van der Waals surface area (Å²) >= 11 is 0. The molecule has 0 saturated heterocycles. The molecule has 80 valence electrons. The molecule has 0 N–H and O–H groups in total. The molecule has 0 aliphatic rings. The van der Waals surface area contributed by atoms with E-state index in [2.05, 4.69) is 13.8 Å². The number of rotatable bonds is 7. The molecule has 0 radical (unpaired) electrons. The van der Waals surface area contributed by atoms with E-state index in [1.54, 1.807) is 14.2 Å². The zero-order valence-corrected chi connectivity index (χ0v) is 10.4. The third-order valence-electron chi connectivity index (χ3n) is 2.31. The van der Waals surface area contributed by atoms with E-state index in [1.807, 2.05) is 6.92 Å². The fourth-order valence-corrected chi connectivity index (χ4v) is 3.21. The molecular weight excluding hydrogens is 184 g/mol. The summed E-state index contributed by atoms with van der Waals surface area (Å²) in [5.74, 6) is 0. The van der Waals surface area contributed by atoms with Crippen LogP contribution in [0, 0.1) is 0 Å². The average Bonchev–Trinajstić information content (AvgIpc) is 2.21. The topological polar surface area (TPSA) is 27.7 Å². The maximum atomic E-state index is 5.88. The molecular formula is C9H22O3Si. The Morgan fingerprint density at radius 1 is 1.00 bits per heavy atom. The Morgan fingerprint density at radius 3 is 1.69 bits per heavy atom. The lowest BCUT2D eigenvalue weighted by atomic mass is 10.2. The summed E-state index contributed by atoms with van der Waals surface area (Å²) in [6, 6.07) is 0.830. The Morgan fingerprint density at radius 2 is 1.46 bits per heavy atom. The molecule has 0 fully saturated rings. The van der Waals surface area contributed by atoms with Crippen LogP contribution in [0.3, 0.4) is 0 Å². The number of hydrogen-bond acceptors (Lipinski definition) is 3. The molecule has 0 bridgehead atoms. The van der Waals surface area contributed by atoms with Gasteiger partial charge in [-0.15, -0.1) is 0 Å². The van der Waals surface area contributed by atoms with Crippen LogP contribution in [-0.2, 0) is 13.3 Å². The first kappa shape index (κ1) is 13.1. The minimum Gasteiger partial charge on any atom is -0.377 e. The summed E-state index contributed by atoms with van der Waals surface area (Å²) < 4.78 is 16.6. The largest absolute Gasteiger partial charge is 0.500 e. The fourth-order valence-electron chi connectivity index (χ4n) is 1.26. The van der Waals surface area contributed by atoms with E-state index in [0.717, 1.165) is 18.9 Å². The van der Waals surface area contributed by atoms with Crippen LogP contribution in [0.2, 0.25) is 6.04 Å². The Labute approximate surface area is 82.8 Å². The van der Waals surface area contributed by atoms with Crippen LogP contribution in [0.1, 0.15) is 33.6 Å². The molecule has 0 aromatic heterocycles. The van der Waals surface area contributed by atoms with Gasteiger partial charge >= 0.3 is 8.80 Å². The molecule has 0 atom stereocenters. The van der Waals surface area contributed by atoms with E-state index in [4.69, 9.17) is 13.3 Å². The predicted octanol–water partition coefficient (Wildman–Crippen LogP) is 2.44. The molecule has 0 aromatic rings. The first-order valence-electron chi connectivity index (χ1n) is 4.96. The van der Waals surface area contributed by atoms with Crippen LogP contribution in [-0.4, -0.2) is 29.1 Å². The van der Waals surface area contributed by atoms with Crippen molar-refractivity contribution in [1.82, 2.24) is 0 Å². The van der Waals surface area contributed by atoms with Crippen LogP contribution < -0.4 is 0 Å². The first-order valence-corrected chi connectivity index (χ1v) is 6.89. The Bertz CT molecular complexity index is 114. The molecule has 4 heteroatoms. The summed E-state index contributed by atoms with van der Waals surface area (Å²) in [6.45, 7) is 6.28. The van der Waals surface area contributed by atoms with Gasteiger partial charge in [-0.2, -0.15) is 0 Å². The van der Waals surface area contributed by atoms with Gasteiger partial charge in [0.1, 0.15) is 0 Å². The highest BCUT2D eigenvalue weighted by Gasteiger charge is 2.38. The minimum atomic E-state index is -2.32. The molecule has 0 rings (SSSR count). The molecule has 0 aliphatic carbocycles. The molecule has 0 aliphatic heterocycles. The smallest absolute Gasteiger partial charge is 0.377 e. The van der Waals surface area contributed by atoms with Crippen molar-refractivity contribution >= 4 is 8.80 Å². The highest BCUT2D eigenvalue weighted by molar-refractivity contribution is 6.60. The maximum Gasteiger partial charge on any atom is 0.500 e. The molecule has 0 spiro atoms. The molecule has 13 heavy (non-hydrogen) atoms. The van der Waals surface area contributed by atoms with Crippen molar-refractivity contribution in [2.75, 3.05) is 14.2 Å². The summed E-state index contributed by atoms with van der Waals surface area (Å²) in [4.78, 5) is 0. The highest BCUT2D eigenvalue weighted by atomic mass is 28.4. The standard InChI is InChI=1S/C9H22O3Si/c1-6-9(7-2)12-13(8-3,10-4)11-5/h9H,6-8H2,1-5H3. The van der Waals surface area contributed by atoms with Crippen LogP contribution in [0.4, 0.5) is 0 Å². The van der Waals surface area contributed by atoms with Gasteiger partial charge < -0.3 is 13.3 Å². The van der Waals surface area contributed by atoms with Crippen molar-refractivity contribution in [3.8, 4) is 0 Å². The van der Waals surface area contributed by atoms with Crippen molar-refractivity contribution in [3.05, 3.63) is 0 Å². The second-order valence-electron chi connectivity index (χ2n) is 3.00. The quantitative estimate of drug-likeness (QED) is 0.599. The molecule has 0 unspecified atom stereocenters. The van der Waals surface area contributed by atoms with Gasteiger partial charge in [-0.1, -0.05) is 20.8 Å². The monoisotopic (exact) mass is 206 g/mol. The van der Waals surface area contributed by atoms with E-state index in [1.165, 1.54) is 0 Å². The van der Waals surface area contributed by atoms with Crippen molar-refractivity contribution in [2.45, 2.75) is 45.8 Å². The van der Waals surface area contributed by atoms with Crippen molar-refractivity contribution in [2.24, 2.45) is 0 Å². The Hall–Kier alpha value is 0.0969. The Balaban J connectivity index is 4.21. The lowest BCUT2D eigenvalue weighted by molar-refractivity contribution is 0.0525. The van der Waals surface area contributed by atoms with Gasteiger partial charge in [0.05, 0.1) is 0 Å². The molecule has 0 heterocycles. The first-order chi connectivity index (χ1) is 6.17. The second-order valence-corrected chi connectivity index (χ2v) is 6.13. The van der Waals surface area contributed by atoms with Crippen LogP contribution in [0.25, 0.3) is 0 Å². The predicted molar refractivity (Wildman–Crippen MR) is 55.7 cm³/mol. The van der Waals surface area contributed by atoms with E-state index >= 15 is 0 Å². The zero-order valence-electron chi connectivity index (χ0n) is 9.42. The second kappa shape index (κ2) is 6.54. The maximum absolute atomic E-state index is 5.88. The average molecular weight is 206 g/mol. The lowest BCUT2D eigenvalue weighted by Crippen LogP contribution is -2.45. The number of hydrogen-bond donors (Lipinski definition) is 0. The summed E-state index contributed by atoms with van der Waals surface area (Å²) in [5, 5.41) is 0. The van der Waals surface area contributed by atoms with E-state index in [-0.39, 0.29) is 6.10 Å². The minimum absolute atomic E-state index is 0.270. The molecule has 0 aromatic carbocycles. The van der Waals surface area contributed by atoms with E-state index in [0.29, 0.717) is 0 Å². The van der Waals surface area contributed by atoms with Gasteiger partial charge in [-0.05, 0) is 12.8 Å². The van der Waals surface area contributed by atoms with Crippen molar-refractivity contribution in [3.63, 3.8) is 0 Å². The lowest BCUT2D eigenvalue weighted by Gasteiger charge is -2.29. The fraction of sp³-hybridized carbons (Fsp3) is 1.00. The molecule has 3 nitrogen and oxygen atoms in total. The van der Waals surface area contributed by atoms with Crippen LogP contribution in [0.15, 0.2) is 0 Å². The highest BCUT2D eigenvalue weighted by Crippen LogP contribution is 2.18. The van der Waals surface area contributed by atoms with Gasteiger partial charge in [0.2, 0.25) is 0 Å². The van der Waals surface area contributed by atoms with Gasteiger partial charge in [-0.3, -0.25) is 0 Å². The third kappa shape index (κ3) is 3.77. The Kier molecular flexibility index (Phi) is 6.58. The van der Waals surface area contributed by atoms with Crippen LogP contribution >= 0.6 is 0 Å². The van der Waals surface area contributed by atoms with Gasteiger partial charge in [0.25, 0.3) is 0 Å². The molecule has 0 amide bonds. The summed E-state index contributed by atoms with van der Waals surface area (Å²) in [7, 11) is 1.01. The van der Waals surface area contributed by atoms with Crippen molar-refractivity contribution < 1.29 is 13.3 Å². The third-order valence-corrected chi connectivity index (χ3v) is 5.11. The van der Waals surface area contributed by atoms with Crippen molar-refractivity contribution in [1.29, 1.82) is 0 Å². The van der Waals surface area contributed by atoms with Gasteiger partial charge in [0.15, 0.2) is 0 Å². The normalized spacial score (nSPS) is 12.5. The zero-order chi connectivity index (χ0) is 10.3. The van der Waals surface area contributed by atoms with Gasteiger partial charge in [-0.25, -0.2) is 0 Å². The van der Waals surface area contributed by atoms with E-state index < -0.39 is 8.80 Å². The SMILES string of the molecule is CCC(CC)O[Si](CC)(OC)OC. The van der Waals surface area contributed by atoms with E-state index in [9.17, 15) is 0 Å².